The van der Waals surface area contributed by atoms with E-state index in [1.807, 2.05) is 0 Å². The predicted molar refractivity (Wildman–Crippen MR) is 186 cm³/mol. The molecule has 0 fully saturated rings. The lowest BCUT2D eigenvalue weighted by atomic mass is 9.57. The van der Waals surface area contributed by atoms with Crippen LogP contribution in [0.25, 0.3) is 33.6 Å². The van der Waals surface area contributed by atoms with E-state index in [-0.39, 0.29) is 11.0 Å². The highest BCUT2D eigenvalue weighted by Gasteiger charge is 2.59. The molecule has 0 aliphatic carbocycles. The van der Waals surface area contributed by atoms with Gasteiger partial charge in [0, 0.05) is 49.6 Å². The second-order valence-electron chi connectivity index (χ2n) is 13.7. The molecule has 2 aromatic heterocycles. The molecule has 228 valence electrons. The minimum atomic E-state index is -0.0373. The van der Waals surface area contributed by atoms with Gasteiger partial charge in [0.05, 0.1) is 16.5 Å². The molecule has 0 amide bonds. The molecule has 45 heavy (non-hydrogen) atoms. The molecule has 7 rings (SSSR count). The summed E-state index contributed by atoms with van der Waals surface area (Å²) < 4.78 is 5.21. The van der Waals surface area contributed by atoms with E-state index in [1.165, 1.54) is 63.2 Å². The fraction of sp³-hybridized carbons (Fsp3) is 0.349. The molecule has 2 aliphatic heterocycles. The van der Waals surface area contributed by atoms with Crippen LogP contribution in [0.3, 0.4) is 0 Å². The monoisotopic (exact) mass is 592 g/mol. The van der Waals surface area contributed by atoms with Gasteiger partial charge in [-0.15, -0.1) is 0 Å². The van der Waals surface area contributed by atoms with Crippen LogP contribution in [0.2, 0.25) is 0 Å². The van der Waals surface area contributed by atoms with Gasteiger partial charge in [-0.2, -0.15) is 9.13 Å². The van der Waals surface area contributed by atoms with Gasteiger partial charge in [-0.1, -0.05) is 75.7 Å². The summed E-state index contributed by atoms with van der Waals surface area (Å²) in [6, 6.07) is 37.3. The number of aromatic nitrogens is 2. The minimum Gasteiger partial charge on any atom is -0.192 e. The molecule has 3 unspecified atom stereocenters. The second-order valence-corrected chi connectivity index (χ2v) is 13.7. The Morgan fingerprint density at radius 2 is 1.53 bits per heavy atom. The maximum atomic E-state index is 2.64. The van der Waals surface area contributed by atoms with Crippen LogP contribution in [0.4, 0.5) is 0 Å². The number of hydrogen-bond donors (Lipinski definition) is 0. The zero-order valence-corrected chi connectivity index (χ0v) is 27.8. The third-order valence-electron chi connectivity index (χ3n) is 11.5. The molecule has 2 aliphatic rings. The number of hydrogen-bond acceptors (Lipinski definition) is 0. The van der Waals surface area contributed by atoms with Gasteiger partial charge in [-0.05, 0) is 84.7 Å². The summed E-state index contributed by atoms with van der Waals surface area (Å²) in [5, 5.41) is 0. The van der Waals surface area contributed by atoms with E-state index < -0.39 is 0 Å². The molecule has 4 heterocycles. The molecule has 0 spiro atoms. The Balaban J connectivity index is 1.35. The Bertz CT molecular complexity index is 1850. The Kier molecular flexibility index (Phi) is 7.72. The van der Waals surface area contributed by atoms with Crippen molar-refractivity contribution in [3.8, 4) is 33.6 Å². The van der Waals surface area contributed by atoms with Gasteiger partial charge in [0.25, 0.3) is 0 Å². The number of aryl methyl sites for hydroxylation is 2. The van der Waals surface area contributed by atoms with Crippen molar-refractivity contribution in [1.29, 1.82) is 0 Å². The Morgan fingerprint density at radius 3 is 2.31 bits per heavy atom. The third-order valence-corrected chi connectivity index (χ3v) is 11.5. The molecule has 2 nitrogen and oxygen atoms in total. The van der Waals surface area contributed by atoms with E-state index in [4.69, 9.17) is 0 Å². The predicted octanol–water partition coefficient (Wildman–Crippen LogP) is 10.1. The quantitative estimate of drug-likeness (QED) is 0.151. The van der Waals surface area contributed by atoms with Crippen molar-refractivity contribution in [3.63, 3.8) is 0 Å². The highest BCUT2D eigenvalue weighted by Crippen LogP contribution is 2.53. The summed E-state index contributed by atoms with van der Waals surface area (Å²) in [4.78, 5) is 0. The number of fused-ring (bicyclic) bond motifs is 6. The van der Waals surface area contributed by atoms with Crippen LogP contribution in [0.5, 0.6) is 0 Å². The summed E-state index contributed by atoms with van der Waals surface area (Å²) in [6.45, 7) is 11.9. The first-order chi connectivity index (χ1) is 21.9. The number of pyridine rings is 2. The second kappa shape index (κ2) is 11.7. The first-order valence-electron chi connectivity index (χ1n) is 17.3. The van der Waals surface area contributed by atoms with Crippen LogP contribution < -0.4 is 9.13 Å². The topological polar surface area (TPSA) is 7.76 Å². The van der Waals surface area contributed by atoms with Gasteiger partial charge >= 0.3 is 0 Å². The molecule has 0 saturated heterocycles. The molecule has 5 aromatic rings. The van der Waals surface area contributed by atoms with E-state index in [2.05, 4.69) is 153 Å². The number of unbranched alkanes of at least 4 members (excludes halogenated alkanes) is 1. The summed E-state index contributed by atoms with van der Waals surface area (Å²) in [7, 11) is 0. The zero-order valence-electron chi connectivity index (χ0n) is 27.8. The van der Waals surface area contributed by atoms with Gasteiger partial charge in [0.1, 0.15) is 0 Å². The molecule has 0 saturated carbocycles. The Hall–Kier alpha value is -4.04. The molecule has 0 radical (unpaired) electrons. The Labute approximate surface area is 270 Å². The molecule has 0 bridgehead atoms. The normalized spacial score (nSPS) is 21.1. The van der Waals surface area contributed by atoms with Crippen molar-refractivity contribution >= 4 is 0 Å². The molecular weight excluding hydrogens is 544 g/mol. The lowest BCUT2D eigenvalue weighted by molar-refractivity contribution is -0.766. The van der Waals surface area contributed by atoms with Gasteiger partial charge in [0.2, 0.25) is 11.4 Å². The molecule has 0 N–H and O–H groups in total. The van der Waals surface area contributed by atoms with E-state index in [0.29, 0.717) is 6.04 Å². The van der Waals surface area contributed by atoms with E-state index in [0.717, 1.165) is 32.1 Å². The number of nitrogens with zero attached hydrogens (tertiary/aromatic N) is 2. The SMILES string of the molecule is CCCCc1ccc2c(c1)-c1cccc[n+]1C(C)(CC)C2(CC)CCC1c2cc(-c3ccccc3)ccc2-c2cc(C)cc[n+]21. The highest BCUT2D eigenvalue weighted by molar-refractivity contribution is 5.73. The fourth-order valence-electron chi connectivity index (χ4n) is 8.85. The Morgan fingerprint density at radius 1 is 0.711 bits per heavy atom. The van der Waals surface area contributed by atoms with E-state index >= 15 is 0 Å². The maximum Gasteiger partial charge on any atom is 0.213 e. The standard InChI is InChI=1S/C43H48N2/c1-6-9-15-32-19-22-38-37(29-32)40-18-13-14-26-45(40)42(5,7-2)43(38,8-3)25-23-39-36-30-34(33-16-11-10-12-17-33)20-21-35(36)41-28-31(4)24-27-44(39)41/h10-14,16-22,24,26-30,39H,6-9,15,23,25H2,1-5H3/q+2. The first kappa shape index (κ1) is 29.7. The van der Waals surface area contributed by atoms with Crippen LogP contribution in [0.15, 0.2) is 109 Å². The molecule has 2 heteroatoms. The first-order valence-corrected chi connectivity index (χ1v) is 17.3. The molecular formula is C43H48N2+2. The average Bonchev–Trinajstić information content (AvgIpc) is 3.39. The van der Waals surface area contributed by atoms with Gasteiger partial charge in [0.15, 0.2) is 24.0 Å². The van der Waals surface area contributed by atoms with Crippen molar-refractivity contribution in [1.82, 2.24) is 0 Å². The summed E-state index contributed by atoms with van der Waals surface area (Å²) >= 11 is 0. The van der Waals surface area contributed by atoms with Crippen molar-refractivity contribution < 1.29 is 9.13 Å². The van der Waals surface area contributed by atoms with Crippen molar-refractivity contribution in [2.24, 2.45) is 0 Å². The van der Waals surface area contributed by atoms with Crippen LogP contribution in [0.1, 0.15) is 94.5 Å². The smallest absolute Gasteiger partial charge is 0.192 e. The average molecular weight is 593 g/mol. The van der Waals surface area contributed by atoms with E-state index in [9.17, 15) is 0 Å². The van der Waals surface area contributed by atoms with Gasteiger partial charge in [-0.3, -0.25) is 0 Å². The van der Waals surface area contributed by atoms with Crippen LogP contribution in [-0.4, -0.2) is 0 Å². The summed E-state index contributed by atoms with van der Waals surface area (Å²) in [5.41, 5.74) is 13.9. The fourth-order valence-corrected chi connectivity index (χ4v) is 8.85. The third kappa shape index (κ3) is 4.68. The van der Waals surface area contributed by atoms with Crippen LogP contribution in [-0.2, 0) is 17.4 Å². The summed E-state index contributed by atoms with van der Waals surface area (Å²) in [5.74, 6) is 0. The minimum absolute atomic E-state index is 0.00457. The van der Waals surface area contributed by atoms with Crippen LogP contribution >= 0.6 is 0 Å². The lowest BCUT2D eigenvalue weighted by Gasteiger charge is -2.48. The van der Waals surface area contributed by atoms with Gasteiger partial charge < -0.3 is 0 Å². The van der Waals surface area contributed by atoms with Crippen molar-refractivity contribution in [3.05, 3.63) is 132 Å². The highest BCUT2D eigenvalue weighted by atomic mass is 15.1. The van der Waals surface area contributed by atoms with E-state index in [1.54, 1.807) is 5.56 Å². The van der Waals surface area contributed by atoms with Gasteiger partial charge in [-0.25, -0.2) is 0 Å². The summed E-state index contributed by atoms with van der Waals surface area (Å²) in [6.07, 6.45) is 12.7. The molecule has 3 aromatic carbocycles. The van der Waals surface area contributed by atoms with Crippen molar-refractivity contribution in [2.75, 3.05) is 0 Å². The van der Waals surface area contributed by atoms with Crippen molar-refractivity contribution in [2.45, 2.75) is 96.6 Å². The lowest BCUT2D eigenvalue weighted by Crippen LogP contribution is -2.68. The van der Waals surface area contributed by atoms with Crippen LogP contribution in [0, 0.1) is 6.92 Å². The largest absolute Gasteiger partial charge is 0.213 e. The number of benzene rings is 3. The molecule has 3 atom stereocenters. The zero-order chi connectivity index (χ0) is 31.2. The number of rotatable bonds is 9. The maximum absolute atomic E-state index is 2.64.